The van der Waals surface area contributed by atoms with Crippen LogP contribution in [0.4, 0.5) is 0 Å². The van der Waals surface area contributed by atoms with Crippen LogP contribution in [0.5, 0.6) is 17.2 Å². The molecule has 33 heavy (non-hydrogen) atoms. The van der Waals surface area contributed by atoms with Gasteiger partial charge in [0.05, 0.1) is 21.3 Å². The van der Waals surface area contributed by atoms with E-state index in [0.29, 0.717) is 29.1 Å². The van der Waals surface area contributed by atoms with Crippen molar-refractivity contribution in [1.29, 1.82) is 0 Å². The van der Waals surface area contributed by atoms with Crippen LogP contribution in [0.15, 0.2) is 59.1 Å². The van der Waals surface area contributed by atoms with E-state index in [1.807, 2.05) is 30.5 Å². The first-order valence-corrected chi connectivity index (χ1v) is 11.2. The highest BCUT2D eigenvalue weighted by Gasteiger charge is 2.19. The zero-order valence-corrected chi connectivity index (χ0v) is 19.2. The number of benzene rings is 2. The predicted molar refractivity (Wildman–Crippen MR) is 129 cm³/mol. The van der Waals surface area contributed by atoms with Gasteiger partial charge in [-0.2, -0.15) is 0 Å². The number of hydrogen-bond acceptors (Lipinski definition) is 6. The van der Waals surface area contributed by atoms with Crippen LogP contribution < -0.4 is 19.5 Å². The Balaban J connectivity index is 1.58. The summed E-state index contributed by atoms with van der Waals surface area (Å²) in [4.78, 5) is 4.55. The molecule has 1 unspecified atom stereocenters. The van der Waals surface area contributed by atoms with E-state index < -0.39 is 0 Å². The van der Waals surface area contributed by atoms with E-state index in [1.54, 1.807) is 21.3 Å². The van der Waals surface area contributed by atoms with Crippen molar-refractivity contribution in [1.82, 2.24) is 10.3 Å². The molecule has 1 fully saturated rings. The van der Waals surface area contributed by atoms with Gasteiger partial charge in [-0.25, -0.2) is 0 Å². The molecular formula is C27H28N2O4. The number of fused-ring (bicyclic) bond motifs is 1. The molecule has 1 aliphatic rings. The Morgan fingerprint density at radius 3 is 2.42 bits per heavy atom. The molecule has 6 nitrogen and oxygen atoms in total. The molecule has 1 saturated heterocycles. The molecule has 5 rings (SSSR count). The van der Waals surface area contributed by atoms with Gasteiger partial charge in [-0.3, -0.25) is 4.98 Å². The molecule has 2 aromatic heterocycles. The van der Waals surface area contributed by atoms with Crippen LogP contribution in [0.2, 0.25) is 0 Å². The van der Waals surface area contributed by atoms with Gasteiger partial charge in [0, 0.05) is 29.4 Å². The Labute approximate surface area is 193 Å². The normalized spacial score (nSPS) is 16.0. The number of methoxy groups -OCH3 is 3. The molecule has 4 aromatic rings. The Hall–Kier alpha value is -3.51. The Bertz CT molecular complexity index is 1250. The van der Waals surface area contributed by atoms with Crippen molar-refractivity contribution in [2.75, 3.05) is 27.9 Å². The van der Waals surface area contributed by atoms with Crippen LogP contribution in [0.3, 0.4) is 0 Å². The zero-order chi connectivity index (χ0) is 22.8. The largest absolute Gasteiger partial charge is 0.493 e. The zero-order valence-electron chi connectivity index (χ0n) is 19.2. The molecule has 1 N–H and O–H groups in total. The maximum Gasteiger partial charge on any atom is 0.203 e. The minimum atomic E-state index is 0.405. The monoisotopic (exact) mass is 444 g/mol. The van der Waals surface area contributed by atoms with E-state index >= 15 is 0 Å². The van der Waals surface area contributed by atoms with Gasteiger partial charge in [0.15, 0.2) is 17.1 Å². The van der Waals surface area contributed by atoms with Gasteiger partial charge in [-0.15, -0.1) is 0 Å². The van der Waals surface area contributed by atoms with Crippen LogP contribution >= 0.6 is 0 Å². The fourth-order valence-electron chi connectivity index (χ4n) is 4.59. The fraction of sp³-hybridized carbons (Fsp3) is 0.296. The lowest BCUT2D eigenvalue weighted by molar-refractivity contribution is 0.324. The molecule has 0 aliphatic carbocycles. The highest BCUT2D eigenvalue weighted by atomic mass is 16.5. The van der Waals surface area contributed by atoms with Crippen LogP contribution in [0, 0.1) is 0 Å². The van der Waals surface area contributed by atoms with E-state index in [-0.39, 0.29) is 0 Å². The van der Waals surface area contributed by atoms with Crippen LogP contribution in [-0.4, -0.2) is 32.9 Å². The lowest BCUT2D eigenvalue weighted by Crippen LogP contribution is -2.26. The second-order valence-corrected chi connectivity index (χ2v) is 8.23. The topological polar surface area (TPSA) is 65.8 Å². The Morgan fingerprint density at radius 2 is 1.73 bits per heavy atom. The molecule has 0 spiro atoms. The maximum absolute atomic E-state index is 6.37. The number of aromatic nitrogens is 1. The predicted octanol–water partition coefficient (Wildman–Crippen LogP) is 6.00. The average molecular weight is 445 g/mol. The van der Waals surface area contributed by atoms with Crippen molar-refractivity contribution in [3.8, 4) is 39.7 Å². The molecule has 2 aromatic carbocycles. The minimum absolute atomic E-state index is 0.405. The highest BCUT2D eigenvalue weighted by molar-refractivity contribution is 5.92. The van der Waals surface area contributed by atoms with Gasteiger partial charge in [0.25, 0.3) is 0 Å². The number of furan rings is 1. The third-order valence-electron chi connectivity index (χ3n) is 6.27. The molecule has 1 atom stereocenters. The van der Waals surface area contributed by atoms with Crippen molar-refractivity contribution >= 4 is 11.1 Å². The summed E-state index contributed by atoms with van der Waals surface area (Å²) in [6.07, 6.45) is 5.51. The van der Waals surface area contributed by atoms with Gasteiger partial charge >= 0.3 is 0 Å². The third kappa shape index (κ3) is 4.02. The molecule has 170 valence electrons. The summed E-state index contributed by atoms with van der Waals surface area (Å²) in [6.45, 7) is 1.07. The second kappa shape index (κ2) is 9.16. The molecule has 0 amide bonds. The van der Waals surface area contributed by atoms with E-state index in [2.05, 4.69) is 34.6 Å². The van der Waals surface area contributed by atoms with E-state index in [0.717, 1.165) is 34.3 Å². The minimum Gasteiger partial charge on any atom is -0.493 e. The maximum atomic E-state index is 6.37. The third-order valence-corrected chi connectivity index (χ3v) is 6.27. The lowest BCUT2D eigenvalue weighted by atomic mass is 9.94. The van der Waals surface area contributed by atoms with Crippen LogP contribution in [0.25, 0.3) is 33.6 Å². The summed E-state index contributed by atoms with van der Waals surface area (Å²) >= 11 is 0. The van der Waals surface area contributed by atoms with Gasteiger partial charge in [-0.05, 0) is 54.8 Å². The standard InChI is InChI=1S/C27H28N2O4/c1-30-24-14-19(15-25(31-2)27(24)32-3)23-16-22-26(33-23)20(10-12-29-22)17-7-6-8-18(13-17)21-9-4-5-11-28-21/h6-8,10,12-16,21,28H,4-5,9,11H2,1-3H3. The number of rotatable bonds is 6. The van der Waals surface area contributed by atoms with E-state index in [9.17, 15) is 0 Å². The Kier molecular flexibility index (Phi) is 5.92. The highest BCUT2D eigenvalue weighted by Crippen LogP contribution is 2.43. The first kappa shape index (κ1) is 21.3. The van der Waals surface area contributed by atoms with Crippen molar-refractivity contribution in [3.05, 3.63) is 60.3 Å². The van der Waals surface area contributed by atoms with Crippen molar-refractivity contribution < 1.29 is 18.6 Å². The van der Waals surface area contributed by atoms with Crippen LogP contribution in [0.1, 0.15) is 30.9 Å². The smallest absolute Gasteiger partial charge is 0.203 e. The number of hydrogen-bond donors (Lipinski definition) is 1. The summed E-state index contributed by atoms with van der Waals surface area (Å²) in [5, 5.41) is 3.64. The van der Waals surface area contributed by atoms with Gasteiger partial charge < -0.3 is 23.9 Å². The summed E-state index contributed by atoms with van der Waals surface area (Å²) in [6, 6.07) is 16.8. The quantitative estimate of drug-likeness (QED) is 0.393. The van der Waals surface area contributed by atoms with Crippen molar-refractivity contribution in [3.63, 3.8) is 0 Å². The molecule has 0 saturated carbocycles. The first-order valence-electron chi connectivity index (χ1n) is 11.2. The number of pyridine rings is 1. The molecule has 0 radical (unpaired) electrons. The Morgan fingerprint density at radius 1 is 0.909 bits per heavy atom. The number of nitrogens with zero attached hydrogens (tertiary/aromatic N) is 1. The second-order valence-electron chi connectivity index (χ2n) is 8.23. The number of ether oxygens (including phenoxy) is 3. The van der Waals surface area contributed by atoms with Crippen LogP contribution in [-0.2, 0) is 0 Å². The summed E-state index contributed by atoms with van der Waals surface area (Å²) in [5.41, 5.74) is 5.85. The number of nitrogens with one attached hydrogen (secondary N) is 1. The van der Waals surface area contributed by atoms with Gasteiger partial charge in [-0.1, -0.05) is 24.6 Å². The molecule has 3 heterocycles. The lowest BCUT2D eigenvalue weighted by Gasteiger charge is -2.24. The summed E-state index contributed by atoms with van der Waals surface area (Å²) in [7, 11) is 4.80. The first-order chi connectivity index (χ1) is 16.2. The average Bonchev–Trinajstić information content (AvgIpc) is 3.33. The van der Waals surface area contributed by atoms with Crippen molar-refractivity contribution in [2.45, 2.75) is 25.3 Å². The van der Waals surface area contributed by atoms with E-state index in [4.69, 9.17) is 18.6 Å². The molecule has 0 bridgehead atoms. The molecular weight excluding hydrogens is 416 g/mol. The SMILES string of the molecule is COc1cc(-c2cc3nccc(-c4cccc(C5CCCCN5)c4)c3o2)cc(OC)c1OC. The van der Waals surface area contributed by atoms with Crippen molar-refractivity contribution in [2.24, 2.45) is 0 Å². The number of piperidine rings is 1. The molecule has 1 aliphatic heterocycles. The molecule has 6 heteroatoms. The summed E-state index contributed by atoms with van der Waals surface area (Å²) < 4.78 is 22.8. The fourth-order valence-corrected chi connectivity index (χ4v) is 4.59. The summed E-state index contributed by atoms with van der Waals surface area (Å²) in [5.74, 6) is 2.39. The van der Waals surface area contributed by atoms with Gasteiger partial charge in [0.2, 0.25) is 5.75 Å². The van der Waals surface area contributed by atoms with E-state index in [1.165, 1.54) is 24.8 Å². The van der Waals surface area contributed by atoms with Gasteiger partial charge in [0.1, 0.15) is 11.3 Å².